The smallest absolute Gasteiger partial charge is 0.225 e. The molecule has 0 bridgehead atoms. The van der Waals surface area contributed by atoms with Crippen molar-refractivity contribution in [2.75, 3.05) is 13.1 Å². The second-order valence-electron chi connectivity index (χ2n) is 7.65. The lowest BCUT2D eigenvalue weighted by atomic mass is 9.80. The summed E-state index contributed by atoms with van der Waals surface area (Å²) < 4.78 is 0. The van der Waals surface area contributed by atoms with E-state index in [-0.39, 0.29) is 17.7 Å². The summed E-state index contributed by atoms with van der Waals surface area (Å²) >= 11 is 0. The van der Waals surface area contributed by atoms with Crippen LogP contribution in [0.2, 0.25) is 0 Å². The predicted octanol–water partition coefficient (Wildman–Crippen LogP) is 2.76. The fourth-order valence-electron chi connectivity index (χ4n) is 4.08. The minimum absolute atomic E-state index is 0.0474. The van der Waals surface area contributed by atoms with Gasteiger partial charge in [-0.05, 0) is 62.1 Å². The van der Waals surface area contributed by atoms with Crippen molar-refractivity contribution < 1.29 is 9.59 Å². The third-order valence-electron chi connectivity index (χ3n) is 5.63. The van der Waals surface area contributed by atoms with Gasteiger partial charge in [0.15, 0.2) is 0 Å². The second kappa shape index (κ2) is 8.45. The van der Waals surface area contributed by atoms with Crippen LogP contribution in [0.4, 0.5) is 0 Å². The van der Waals surface area contributed by atoms with E-state index in [0.29, 0.717) is 18.4 Å². The van der Waals surface area contributed by atoms with Crippen LogP contribution in [0.25, 0.3) is 0 Å². The molecular weight excluding hydrogens is 314 g/mol. The van der Waals surface area contributed by atoms with Crippen molar-refractivity contribution in [3.8, 4) is 0 Å². The summed E-state index contributed by atoms with van der Waals surface area (Å²) in [6.07, 6.45) is 9.16. The molecule has 2 amide bonds. The van der Waals surface area contributed by atoms with Gasteiger partial charge >= 0.3 is 0 Å². The molecule has 25 heavy (non-hydrogen) atoms. The summed E-state index contributed by atoms with van der Waals surface area (Å²) in [5.74, 6) is 1.23. The van der Waals surface area contributed by atoms with Crippen molar-refractivity contribution in [1.82, 2.24) is 15.2 Å². The Kier molecular flexibility index (Phi) is 6.05. The van der Waals surface area contributed by atoms with Gasteiger partial charge in [-0.1, -0.05) is 6.92 Å². The van der Waals surface area contributed by atoms with Gasteiger partial charge in [0.25, 0.3) is 0 Å². The summed E-state index contributed by atoms with van der Waals surface area (Å²) in [6.45, 7) is 4.59. The van der Waals surface area contributed by atoms with Crippen LogP contribution >= 0.6 is 0 Å². The third-order valence-corrected chi connectivity index (χ3v) is 5.63. The molecule has 1 aromatic heterocycles. The highest BCUT2D eigenvalue weighted by atomic mass is 16.2. The van der Waals surface area contributed by atoms with Gasteiger partial charge in [0, 0.05) is 43.9 Å². The maximum atomic E-state index is 12.7. The van der Waals surface area contributed by atoms with Gasteiger partial charge < -0.3 is 10.2 Å². The van der Waals surface area contributed by atoms with Gasteiger partial charge in [-0.3, -0.25) is 14.6 Å². The van der Waals surface area contributed by atoms with Crippen LogP contribution in [0.1, 0.15) is 51.0 Å². The first-order chi connectivity index (χ1) is 12.1. The topological polar surface area (TPSA) is 62.3 Å². The number of amides is 2. The lowest BCUT2D eigenvalue weighted by Gasteiger charge is -2.35. The van der Waals surface area contributed by atoms with E-state index in [2.05, 4.69) is 22.1 Å². The minimum Gasteiger partial charge on any atom is -0.352 e. The normalized spacial score (nSPS) is 26.9. The van der Waals surface area contributed by atoms with Gasteiger partial charge in [0.2, 0.25) is 11.8 Å². The molecule has 2 heterocycles. The quantitative estimate of drug-likeness (QED) is 0.914. The van der Waals surface area contributed by atoms with Crippen LogP contribution in [0, 0.1) is 17.8 Å². The molecule has 1 N–H and O–H groups in total. The number of rotatable bonds is 4. The van der Waals surface area contributed by atoms with E-state index >= 15 is 0 Å². The average Bonchev–Trinajstić information content (AvgIpc) is 2.66. The number of carbonyl (C=O) groups is 2. The minimum atomic E-state index is 0.0474. The van der Waals surface area contributed by atoms with E-state index in [1.807, 2.05) is 12.1 Å². The largest absolute Gasteiger partial charge is 0.352 e. The molecule has 0 spiro atoms. The van der Waals surface area contributed by atoms with Crippen molar-refractivity contribution >= 4 is 11.8 Å². The summed E-state index contributed by atoms with van der Waals surface area (Å²) in [5, 5.41) is 3.02. The Morgan fingerprint density at radius 3 is 2.48 bits per heavy atom. The van der Waals surface area contributed by atoms with Gasteiger partial charge in [-0.15, -0.1) is 0 Å². The molecule has 0 aromatic carbocycles. The predicted molar refractivity (Wildman–Crippen MR) is 96.5 cm³/mol. The number of piperidine rings is 1. The molecule has 1 aliphatic carbocycles. The molecule has 1 aliphatic heterocycles. The lowest BCUT2D eigenvalue weighted by Crippen LogP contribution is -2.44. The van der Waals surface area contributed by atoms with Crippen molar-refractivity contribution in [3.05, 3.63) is 30.1 Å². The maximum absolute atomic E-state index is 12.7. The van der Waals surface area contributed by atoms with Crippen molar-refractivity contribution in [3.63, 3.8) is 0 Å². The third kappa shape index (κ3) is 4.80. The van der Waals surface area contributed by atoms with Crippen molar-refractivity contribution in [1.29, 1.82) is 0 Å². The molecule has 1 saturated carbocycles. The first-order valence-corrected chi connectivity index (χ1v) is 9.59. The molecule has 136 valence electrons. The van der Waals surface area contributed by atoms with Crippen molar-refractivity contribution in [2.45, 2.75) is 52.0 Å². The molecule has 2 fully saturated rings. The Morgan fingerprint density at radius 2 is 1.80 bits per heavy atom. The fraction of sp³-hybridized carbons (Fsp3) is 0.650. The molecule has 2 aliphatic rings. The molecule has 3 rings (SSSR count). The van der Waals surface area contributed by atoms with E-state index in [9.17, 15) is 9.59 Å². The summed E-state index contributed by atoms with van der Waals surface area (Å²) in [4.78, 5) is 31.1. The van der Waals surface area contributed by atoms with Crippen LogP contribution < -0.4 is 5.32 Å². The van der Waals surface area contributed by atoms with Crippen LogP contribution in [-0.4, -0.2) is 34.8 Å². The Bertz CT molecular complexity index is 582. The molecule has 0 radical (unpaired) electrons. The SMILES string of the molecule is CC1CCCN(C(=O)C2CCC(C(=O)NCc3ccncc3)CC2)C1. The van der Waals surface area contributed by atoms with E-state index < -0.39 is 0 Å². The van der Waals surface area contributed by atoms with Gasteiger partial charge in [0.1, 0.15) is 0 Å². The Morgan fingerprint density at radius 1 is 1.12 bits per heavy atom. The second-order valence-corrected chi connectivity index (χ2v) is 7.65. The zero-order valence-corrected chi connectivity index (χ0v) is 15.1. The standard InChI is InChI=1S/C20H29N3O2/c1-15-3-2-12-23(14-15)20(25)18-6-4-17(5-7-18)19(24)22-13-16-8-10-21-11-9-16/h8-11,15,17-18H,2-7,12-14H2,1H3,(H,22,24). The Hall–Kier alpha value is -1.91. The molecule has 5 heteroatoms. The number of carbonyl (C=O) groups excluding carboxylic acids is 2. The highest BCUT2D eigenvalue weighted by Crippen LogP contribution is 2.31. The van der Waals surface area contributed by atoms with Crippen LogP contribution in [0.5, 0.6) is 0 Å². The maximum Gasteiger partial charge on any atom is 0.225 e. The van der Waals surface area contributed by atoms with Gasteiger partial charge in [-0.25, -0.2) is 0 Å². The fourth-order valence-corrected chi connectivity index (χ4v) is 4.08. The monoisotopic (exact) mass is 343 g/mol. The average molecular weight is 343 g/mol. The summed E-state index contributed by atoms with van der Waals surface area (Å²) in [5.41, 5.74) is 1.06. The molecule has 1 unspecified atom stereocenters. The van der Waals surface area contributed by atoms with E-state index in [1.54, 1.807) is 12.4 Å². The number of hydrogen-bond acceptors (Lipinski definition) is 3. The lowest BCUT2D eigenvalue weighted by molar-refractivity contribution is -0.140. The van der Waals surface area contributed by atoms with Gasteiger partial charge in [0.05, 0.1) is 0 Å². The Balaban J connectivity index is 1.43. The Labute approximate surface area is 150 Å². The molecular formula is C20H29N3O2. The van der Waals surface area contributed by atoms with Crippen molar-refractivity contribution in [2.24, 2.45) is 17.8 Å². The number of pyridine rings is 1. The molecule has 1 atom stereocenters. The summed E-state index contributed by atoms with van der Waals surface area (Å²) in [6, 6.07) is 3.82. The number of nitrogens with zero attached hydrogens (tertiary/aromatic N) is 2. The zero-order chi connectivity index (χ0) is 17.6. The number of nitrogens with one attached hydrogen (secondary N) is 1. The highest BCUT2D eigenvalue weighted by Gasteiger charge is 2.33. The first-order valence-electron chi connectivity index (χ1n) is 9.59. The van der Waals surface area contributed by atoms with Crippen LogP contribution in [0.3, 0.4) is 0 Å². The highest BCUT2D eigenvalue weighted by molar-refractivity contribution is 5.81. The van der Waals surface area contributed by atoms with Crippen LogP contribution in [0.15, 0.2) is 24.5 Å². The van der Waals surface area contributed by atoms with E-state index in [1.165, 1.54) is 6.42 Å². The zero-order valence-electron chi connectivity index (χ0n) is 15.1. The number of hydrogen-bond donors (Lipinski definition) is 1. The molecule has 1 saturated heterocycles. The number of aromatic nitrogens is 1. The first kappa shape index (κ1) is 17.9. The number of likely N-dealkylation sites (tertiary alicyclic amines) is 1. The van der Waals surface area contributed by atoms with E-state index in [4.69, 9.17) is 0 Å². The van der Waals surface area contributed by atoms with E-state index in [0.717, 1.165) is 50.8 Å². The van der Waals surface area contributed by atoms with Crippen LogP contribution in [-0.2, 0) is 16.1 Å². The van der Waals surface area contributed by atoms with Gasteiger partial charge in [-0.2, -0.15) is 0 Å². The molecule has 5 nitrogen and oxygen atoms in total. The molecule has 1 aromatic rings. The summed E-state index contributed by atoms with van der Waals surface area (Å²) in [7, 11) is 0.